The highest BCUT2D eigenvalue weighted by Gasteiger charge is 2.03. The Bertz CT molecular complexity index is 275. The minimum absolute atomic E-state index is 0.128. The summed E-state index contributed by atoms with van der Waals surface area (Å²) in [5.41, 5.74) is 0.460. The smallest absolute Gasteiger partial charge is 0.205 e. The van der Waals surface area contributed by atoms with Gasteiger partial charge in [-0.2, -0.15) is 5.10 Å². The molecule has 0 unspecified atom stereocenters. The molecule has 3 nitrogen and oxygen atoms in total. The van der Waals surface area contributed by atoms with E-state index in [0.29, 0.717) is 5.69 Å². The van der Waals surface area contributed by atoms with Crippen LogP contribution < -0.4 is 0 Å². The third-order valence-electron chi connectivity index (χ3n) is 1.40. The highest BCUT2D eigenvalue weighted by atomic mass is 16.1. The largest absolute Gasteiger partial charge is 0.287 e. The first kappa shape index (κ1) is 7.72. The second kappa shape index (κ2) is 3.14. The maximum absolute atomic E-state index is 10.9. The Balaban J connectivity index is 2.88. The number of allylic oxidation sites excluding steroid dienone is 1. The number of aryl methyl sites for hydroxylation is 1. The van der Waals surface area contributed by atoms with Crippen molar-refractivity contribution in [3.63, 3.8) is 0 Å². The molecule has 1 aromatic rings. The lowest BCUT2D eigenvalue weighted by Crippen LogP contribution is -1.99. The van der Waals surface area contributed by atoms with E-state index in [1.807, 2.05) is 6.92 Å². The molecule has 3 heteroatoms. The molecule has 0 aliphatic heterocycles. The summed E-state index contributed by atoms with van der Waals surface area (Å²) in [4.78, 5) is 10.9. The van der Waals surface area contributed by atoms with Crippen LogP contribution >= 0.6 is 0 Å². The normalized spacial score (nSPS) is 9.55. The van der Waals surface area contributed by atoms with E-state index < -0.39 is 0 Å². The fourth-order valence-electron chi connectivity index (χ4n) is 0.774. The van der Waals surface area contributed by atoms with Gasteiger partial charge in [-0.15, -0.1) is 0 Å². The zero-order chi connectivity index (χ0) is 8.27. The number of carbonyl (C=O) groups excluding carboxylic acids is 1. The molecule has 0 saturated carbocycles. The van der Waals surface area contributed by atoms with Crippen molar-refractivity contribution in [2.45, 2.75) is 13.5 Å². The quantitative estimate of drug-likeness (QED) is 0.480. The zero-order valence-corrected chi connectivity index (χ0v) is 6.45. The van der Waals surface area contributed by atoms with Gasteiger partial charge in [0, 0.05) is 12.7 Å². The minimum Gasteiger partial charge on any atom is -0.287 e. The van der Waals surface area contributed by atoms with Crippen molar-refractivity contribution in [1.82, 2.24) is 9.78 Å². The summed E-state index contributed by atoms with van der Waals surface area (Å²) in [7, 11) is 0. The number of aromatic nitrogens is 2. The molecule has 0 radical (unpaired) electrons. The van der Waals surface area contributed by atoms with Crippen LogP contribution in [0.4, 0.5) is 0 Å². The SMILES string of the molecule is C=CC(=O)c1ccn(CC)n1. The first-order valence-electron chi connectivity index (χ1n) is 3.48. The van der Waals surface area contributed by atoms with Crippen molar-refractivity contribution < 1.29 is 4.79 Å². The molecule has 0 amide bonds. The monoisotopic (exact) mass is 150 g/mol. The lowest BCUT2D eigenvalue weighted by atomic mass is 10.3. The number of hydrogen-bond acceptors (Lipinski definition) is 2. The van der Waals surface area contributed by atoms with Gasteiger partial charge in [0.15, 0.2) is 0 Å². The van der Waals surface area contributed by atoms with E-state index >= 15 is 0 Å². The highest BCUT2D eigenvalue weighted by Crippen LogP contribution is 1.96. The van der Waals surface area contributed by atoms with Gasteiger partial charge in [-0.3, -0.25) is 9.48 Å². The number of nitrogens with zero attached hydrogens (tertiary/aromatic N) is 2. The van der Waals surface area contributed by atoms with Crippen LogP contribution in [-0.4, -0.2) is 15.6 Å². The van der Waals surface area contributed by atoms with Crippen LogP contribution in [0.15, 0.2) is 24.9 Å². The molecule has 0 aliphatic carbocycles. The molecule has 0 aliphatic rings. The van der Waals surface area contributed by atoms with Crippen molar-refractivity contribution in [2.24, 2.45) is 0 Å². The van der Waals surface area contributed by atoms with Crippen LogP contribution in [0.3, 0.4) is 0 Å². The van der Waals surface area contributed by atoms with Gasteiger partial charge in [-0.1, -0.05) is 6.58 Å². The first-order valence-corrected chi connectivity index (χ1v) is 3.48. The van der Waals surface area contributed by atoms with Gasteiger partial charge in [-0.05, 0) is 19.1 Å². The molecular formula is C8H10N2O. The molecule has 1 rings (SSSR count). The average molecular weight is 150 g/mol. The van der Waals surface area contributed by atoms with E-state index in [1.54, 1.807) is 16.9 Å². The lowest BCUT2D eigenvalue weighted by Gasteiger charge is -1.90. The van der Waals surface area contributed by atoms with E-state index in [-0.39, 0.29) is 5.78 Å². The molecule has 1 heterocycles. The molecule has 0 atom stereocenters. The second-order valence-electron chi connectivity index (χ2n) is 2.13. The van der Waals surface area contributed by atoms with Crippen LogP contribution in [0, 0.1) is 0 Å². The van der Waals surface area contributed by atoms with Crippen LogP contribution in [0.2, 0.25) is 0 Å². The topological polar surface area (TPSA) is 34.9 Å². The van der Waals surface area contributed by atoms with Gasteiger partial charge in [0.2, 0.25) is 5.78 Å². The van der Waals surface area contributed by atoms with Crippen LogP contribution in [-0.2, 0) is 6.54 Å². The second-order valence-corrected chi connectivity index (χ2v) is 2.13. The fourth-order valence-corrected chi connectivity index (χ4v) is 0.774. The van der Waals surface area contributed by atoms with Crippen molar-refractivity contribution in [2.75, 3.05) is 0 Å². The molecule has 1 aromatic heterocycles. The fraction of sp³-hybridized carbons (Fsp3) is 0.250. The van der Waals surface area contributed by atoms with Gasteiger partial charge in [0.1, 0.15) is 5.69 Å². The predicted molar refractivity (Wildman–Crippen MR) is 42.4 cm³/mol. The summed E-state index contributed by atoms with van der Waals surface area (Å²) < 4.78 is 1.71. The van der Waals surface area contributed by atoms with Crippen molar-refractivity contribution in [1.29, 1.82) is 0 Å². The Labute approximate surface area is 65.3 Å². The summed E-state index contributed by atoms with van der Waals surface area (Å²) in [6, 6.07) is 1.69. The van der Waals surface area contributed by atoms with Crippen molar-refractivity contribution >= 4 is 5.78 Å². The Morgan fingerprint density at radius 1 is 1.91 bits per heavy atom. The lowest BCUT2D eigenvalue weighted by molar-refractivity contribution is 0.104. The average Bonchev–Trinajstić information content (AvgIpc) is 2.50. The summed E-state index contributed by atoms with van der Waals surface area (Å²) in [5.74, 6) is -0.128. The van der Waals surface area contributed by atoms with E-state index in [9.17, 15) is 4.79 Å². The molecule has 0 bridgehead atoms. The third kappa shape index (κ3) is 1.55. The molecule has 0 saturated heterocycles. The summed E-state index contributed by atoms with van der Waals surface area (Å²) >= 11 is 0. The highest BCUT2D eigenvalue weighted by molar-refractivity contribution is 6.02. The third-order valence-corrected chi connectivity index (χ3v) is 1.40. The molecule has 0 fully saturated rings. The number of ketones is 1. The van der Waals surface area contributed by atoms with Gasteiger partial charge in [0.25, 0.3) is 0 Å². The summed E-state index contributed by atoms with van der Waals surface area (Å²) in [6.45, 7) is 6.12. The van der Waals surface area contributed by atoms with E-state index in [1.165, 1.54) is 6.08 Å². The minimum atomic E-state index is -0.128. The van der Waals surface area contributed by atoms with Gasteiger partial charge in [0.05, 0.1) is 0 Å². The van der Waals surface area contributed by atoms with Crippen LogP contribution in [0.25, 0.3) is 0 Å². The van der Waals surface area contributed by atoms with E-state index in [2.05, 4.69) is 11.7 Å². The van der Waals surface area contributed by atoms with Crippen molar-refractivity contribution in [3.05, 3.63) is 30.6 Å². The Kier molecular flexibility index (Phi) is 2.21. The van der Waals surface area contributed by atoms with Crippen LogP contribution in [0.5, 0.6) is 0 Å². The maximum Gasteiger partial charge on any atom is 0.205 e. The Morgan fingerprint density at radius 3 is 3.09 bits per heavy atom. The van der Waals surface area contributed by atoms with Gasteiger partial charge < -0.3 is 0 Å². The standard InChI is InChI=1S/C8H10N2O/c1-3-8(11)7-5-6-10(4-2)9-7/h3,5-6H,1,4H2,2H3. The Hall–Kier alpha value is -1.38. The molecular weight excluding hydrogens is 140 g/mol. The van der Waals surface area contributed by atoms with Gasteiger partial charge in [-0.25, -0.2) is 0 Å². The molecule has 58 valence electrons. The molecule has 0 spiro atoms. The van der Waals surface area contributed by atoms with Crippen molar-refractivity contribution in [3.8, 4) is 0 Å². The number of hydrogen-bond donors (Lipinski definition) is 0. The zero-order valence-electron chi connectivity index (χ0n) is 6.45. The predicted octanol–water partition coefficient (Wildman–Crippen LogP) is 1.27. The molecule has 0 N–H and O–H groups in total. The Morgan fingerprint density at radius 2 is 2.64 bits per heavy atom. The van der Waals surface area contributed by atoms with Crippen LogP contribution in [0.1, 0.15) is 17.4 Å². The summed E-state index contributed by atoms with van der Waals surface area (Å²) in [5, 5.41) is 4.00. The first-order chi connectivity index (χ1) is 5.27. The number of carbonyl (C=O) groups is 1. The van der Waals surface area contributed by atoms with Gasteiger partial charge >= 0.3 is 0 Å². The molecule has 11 heavy (non-hydrogen) atoms. The van der Waals surface area contributed by atoms with E-state index in [0.717, 1.165) is 6.54 Å². The maximum atomic E-state index is 10.9. The molecule has 0 aromatic carbocycles. The summed E-state index contributed by atoms with van der Waals surface area (Å²) in [6.07, 6.45) is 3.04. The number of rotatable bonds is 3. The van der Waals surface area contributed by atoms with E-state index in [4.69, 9.17) is 0 Å².